The van der Waals surface area contributed by atoms with Gasteiger partial charge in [-0.15, -0.1) is 0 Å². The highest BCUT2D eigenvalue weighted by molar-refractivity contribution is 5.45. The van der Waals surface area contributed by atoms with Gasteiger partial charge in [0.25, 0.3) is 5.78 Å². The molecule has 0 amide bonds. The number of hydrogen-bond acceptors (Lipinski definition) is 5. The van der Waals surface area contributed by atoms with E-state index in [1.807, 2.05) is 0 Å². The van der Waals surface area contributed by atoms with Crippen molar-refractivity contribution in [1.82, 2.24) is 19.6 Å². The van der Waals surface area contributed by atoms with Crippen LogP contribution in [-0.4, -0.2) is 38.8 Å². The van der Waals surface area contributed by atoms with Crippen LogP contribution >= 0.6 is 0 Å². The Morgan fingerprint density at radius 1 is 1.45 bits per heavy atom. The van der Waals surface area contributed by atoms with Crippen LogP contribution in [0.25, 0.3) is 5.78 Å². The minimum atomic E-state index is 0.371. The summed E-state index contributed by atoms with van der Waals surface area (Å²) in [5.74, 6) is 1.65. The Hall–Kier alpha value is -1.69. The van der Waals surface area contributed by atoms with Crippen LogP contribution in [0.5, 0.6) is 0 Å². The third-order valence-electron chi connectivity index (χ3n) is 3.88. The lowest BCUT2D eigenvalue weighted by molar-refractivity contribution is 0.108. The second kappa shape index (κ2) is 5.75. The van der Waals surface area contributed by atoms with Crippen LogP contribution in [0.15, 0.2) is 12.4 Å². The maximum absolute atomic E-state index is 5.43. The van der Waals surface area contributed by atoms with Crippen molar-refractivity contribution in [2.24, 2.45) is 0 Å². The summed E-state index contributed by atoms with van der Waals surface area (Å²) in [5.41, 5.74) is 1.07. The van der Waals surface area contributed by atoms with Crippen molar-refractivity contribution in [1.29, 1.82) is 0 Å². The number of methoxy groups -OCH3 is 1. The molecule has 3 rings (SSSR count). The van der Waals surface area contributed by atoms with Crippen LogP contribution in [-0.2, 0) is 11.2 Å². The molecule has 1 aliphatic rings. The quantitative estimate of drug-likeness (QED) is 0.904. The Morgan fingerprint density at radius 3 is 3.10 bits per heavy atom. The molecule has 2 unspecified atom stereocenters. The summed E-state index contributed by atoms with van der Waals surface area (Å²) >= 11 is 0. The van der Waals surface area contributed by atoms with Gasteiger partial charge in [-0.2, -0.15) is 14.6 Å². The van der Waals surface area contributed by atoms with Crippen LogP contribution in [0.3, 0.4) is 0 Å². The van der Waals surface area contributed by atoms with Gasteiger partial charge in [-0.05, 0) is 25.7 Å². The summed E-state index contributed by atoms with van der Waals surface area (Å²) in [7, 11) is 1.79. The van der Waals surface area contributed by atoms with Gasteiger partial charge in [0.1, 0.15) is 12.1 Å². The molecule has 20 heavy (non-hydrogen) atoms. The topological polar surface area (TPSA) is 64.3 Å². The summed E-state index contributed by atoms with van der Waals surface area (Å²) in [6.07, 6.45) is 7.24. The van der Waals surface area contributed by atoms with Gasteiger partial charge in [0.15, 0.2) is 0 Å². The standard InChI is InChI=1S/C14H21N5O/c1-3-4-10-8-13(19-14(18-10)15-9-16-19)17-11-5-6-12(7-11)20-2/h8-9,11-12,17H,3-7H2,1-2H3. The van der Waals surface area contributed by atoms with Crippen LogP contribution in [0.2, 0.25) is 0 Å². The van der Waals surface area contributed by atoms with E-state index in [9.17, 15) is 0 Å². The van der Waals surface area contributed by atoms with Crippen molar-refractivity contribution < 1.29 is 4.74 Å². The molecule has 6 heteroatoms. The third kappa shape index (κ3) is 2.60. The summed E-state index contributed by atoms with van der Waals surface area (Å²) in [6, 6.07) is 2.52. The van der Waals surface area contributed by atoms with Crippen molar-refractivity contribution in [2.75, 3.05) is 12.4 Å². The average molecular weight is 275 g/mol. The molecule has 0 saturated heterocycles. The summed E-state index contributed by atoms with van der Waals surface area (Å²) < 4.78 is 7.20. The first kappa shape index (κ1) is 13.3. The number of nitrogens with zero attached hydrogens (tertiary/aromatic N) is 4. The Labute approximate surface area is 118 Å². The largest absolute Gasteiger partial charge is 0.381 e. The number of fused-ring (bicyclic) bond motifs is 1. The fraction of sp³-hybridized carbons (Fsp3) is 0.643. The van der Waals surface area contributed by atoms with Crippen molar-refractivity contribution in [3.8, 4) is 0 Å². The Morgan fingerprint density at radius 2 is 2.35 bits per heavy atom. The number of aryl methyl sites for hydroxylation is 1. The van der Waals surface area contributed by atoms with Crippen molar-refractivity contribution in [3.05, 3.63) is 18.1 Å². The normalized spacial score (nSPS) is 22.5. The molecule has 2 aromatic rings. The molecule has 0 bridgehead atoms. The second-order valence-corrected chi connectivity index (χ2v) is 5.37. The van der Waals surface area contributed by atoms with Gasteiger partial charge >= 0.3 is 0 Å². The van der Waals surface area contributed by atoms with E-state index in [-0.39, 0.29) is 0 Å². The van der Waals surface area contributed by atoms with E-state index in [1.165, 1.54) is 0 Å². The number of nitrogens with one attached hydrogen (secondary N) is 1. The SMILES string of the molecule is CCCc1cc(NC2CCC(OC)C2)n2ncnc2n1. The van der Waals surface area contributed by atoms with Gasteiger partial charge in [0.05, 0.1) is 6.10 Å². The molecule has 0 aromatic carbocycles. The molecule has 1 aliphatic carbocycles. The second-order valence-electron chi connectivity index (χ2n) is 5.37. The van der Waals surface area contributed by atoms with Crippen LogP contribution in [0.1, 0.15) is 38.3 Å². The van der Waals surface area contributed by atoms with E-state index >= 15 is 0 Å². The lowest BCUT2D eigenvalue weighted by atomic mass is 10.2. The average Bonchev–Trinajstić information content (AvgIpc) is 3.07. The molecule has 108 valence electrons. The smallest absolute Gasteiger partial charge is 0.254 e. The maximum Gasteiger partial charge on any atom is 0.254 e. The fourth-order valence-corrected chi connectivity index (χ4v) is 2.84. The monoisotopic (exact) mass is 275 g/mol. The first-order valence-corrected chi connectivity index (χ1v) is 7.29. The minimum Gasteiger partial charge on any atom is -0.381 e. The minimum absolute atomic E-state index is 0.371. The van der Waals surface area contributed by atoms with Gasteiger partial charge < -0.3 is 10.1 Å². The lowest BCUT2D eigenvalue weighted by Gasteiger charge is -2.15. The number of hydrogen-bond donors (Lipinski definition) is 1. The predicted octanol–water partition coefficient (Wildman–Crippen LogP) is 2.06. The maximum atomic E-state index is 5.43. The summed E-state index contributed by atoms with van der Waals surface area (Å²) in [5, 5.41) is 7.82. The van der Waals surface area contributed by atoms with E-state index < -0.39 is 0 Å². The zero-order chi connectivity index (χ0) is 13.9. The van der Waals surface area contributed by atoms with Gasteiger partial charge in [-0.1, -0.05) is 13.3 Å². The van der Waals surface area contributed by atoms with Crippen molar-refractivity contribution >= 4 is 11.6 Å². The van der Waals surface area contributed by atoms with Gasteiger partial charge in [-0.25, -0.2) is 4.98 Å². The van der Waals surface area contributed by atoms with Crippen LogP contribution in [0, 0.1) is 0 Å². The van der Waals surface area contributed by atoms with Gasteiger partial charge in [0, 0.05) is 24.9 Å². The lowest BCUT2D eigenvalue weighted by Crippen LogP contribution is -2.20. The predicted molar refractivity (Wildman–Crippen MR) is 76.8 cm³/mol. The van der Waals surface area contributed by atoms with Crippen LogP contribution < -0.4 is 5.32 Å². The van der Waals surface area contributed by atoms with E-state index in [1.54, 1.807) is 18.0 Å². The number of ether oxygens (including phenoxy) is 1. The van der Waals surface area contributed by atoms with Gasteiger partial charge in [-0.3, -0.25) is 0 Å². The first-order chi connectivity index (χ1) is 9.80. The molecule has 6 nitrogen and oxygen atoms in total. The molecule has 2 aromatic heterocycles. The highest BCUT2D eigenvalue weighted by Gasteiger charge is 2.25. The van der Waals surface area contributed by atoms with Gasteiger partial charge in [0.2, 0.25) is 0 Å². The molecule has 2 atom stereocenters. The number of aromatic nitrogens is 4. The highest BCUT2D eigenvalue weighted by Crippen LogP contribution is 2.25. The van der Waals surface area contributed by atoms with Crippen molar-refractivity contribution in [3.63, 3.8) is 0 Å². The zero-order valence-corrected chi connectivity index (χ0v) is 12.0. The Bertz CT molecular complexity index is 582. The van der Waals surface area contributed by atoms with E-state index in [0.29, 0.717) is 17.9 Å². The molecule has 2 heterocycles. The first-order valence-electron chi connectivity index (χ1n) is 7.29. The molecular formula is C14H21N5O. The molecule has 0 radical (unpaired) electrons. The third-order valence-corrected chi connectivity index (χ3v) is 3.88. The molecule has 1 fully saturated rings. The van der Waals surface area contributed by atoms with E-state index in [0.717, 1.165) is 43.6 Å². The number of rotatable bonds is 5. The molecule has 1 saturated carbocycles. The van der Waals surface area contributed by atoms with E-state index in [4.69, 9.17) is 4.74 Å². The Balaban J connectivity index is 1.84. The van der Waals surface area contributed by atoms with E-state index in [2.05, 4.69) is 33.4 Å². The summed E-state index contributed by atoms with van der Waals surface area (Å²) in [6.45, 7) is 2.16. The zero-order valence-electron chi connectivity index (χ0n) is 12.0. The van der Waals surface area contributed by atoms with Crippen LogP contribution in [0.4, 0.5) is 5.82 Å². The molecular weight excluding hydrogens is 254 g/mol. The molecule has 1 N–H and O–H groups in total. The highest BCUT2D eigenvalue weighted by atomic mass is 16.5. The van der Waals surface area contributed by atoms with Crippen molar-refractivity contribution in [2.45, 2.75) is 51.2 Å². The fourth-order valence-electron chi connectivity index (χ4n) is 2.84. The molecule has 0 aliphatic heterocycles. The number of anilines is 1. The Kier molecular flexibility index (Phi) is 3.82. The molecule has 0 spiro atoms. The summed E-state index contributed by atoms with van der Waals surface area (Å²) in [4.78, 5) is 8.72.